The summed E-state index contributed by atoms with van der Waals surface area (Å²) in [6, 6.07) is 6.22. The molecule has 0 saturated carbocycles. The lowest BCUT2D eigenvalue weighted by molar-refractivity contribution is 0.0977. The third-order valence-electron chi connectivity index (χ3n) is 3.37. The van der Waals surface area contributed by atoms with Crippen LogP contribution in [0.25, 0.3) is 11.3 Å². The first-order chi connectivity index (χ1) is 13.0. The fourth-order valence-corrected chi connectivity index (χ4v) is 3.47. The van der Waals surface area contributed by atoms with Gasteiger partial charge in [0.05, 0.1) is 18.4 Å². The molecule has 0 unspecified atom stereocenters. The predicted octanol–water partition coefficient (Wildman–Crippen LogP) is 4.24. The maximum absolute atomic E-state index is 13.8. The van der Waals surface area contributed by atoms with Crippen LogP contribution in [0.2, 0.25) is 0 Å². The second kappa shape index (κ2) is 8.51. The Balaban J connectivity index is 1.66. The molecule has 2 N–H and O–H groups in total. The number of ether oxygens (including phenoxy) is 1. The maximum Gasteiger partial charge on any atom is 0.259 e. The van der Waals surface area contributed by atoms with Gasteiger partial charge in [0.2, 0.25) is 0 Å². The molecule has 2 heterocycles. The van der Waals surface area contributed by atoms with Crippen LogP contribution in [0.5, 0.6) is 5.75 Å². The Kier molecular flexibility index (Phi) is 6.09. The van der Waals surface area contributed by atoms with Crippen molar-refractivity contribution >= 4 is 55.6 Å². The molecular formula is C17H12BrFN4O2S2. The van der Waals surface area contributed by atoms with Gasteiger partial charge >= 0.3 is 0 Å². The molecule has 1 aromatic carbocycles. The second-order valence-corrected chi connectivity index (χ2v) is 7.37. The summed E-state index contributed by atoms with van der Waals surface area (Å²) in [5.41, 5.74) is 1.55. The highest BCUT2D eigenvalue weighted by atomic mass is 79.9. The topological polar surface area (TPSA) is 76.1 Å². The predicted molar refractivity (Wildman–Crippen MR) is 110 cm³/mol. The van der Waals surface area contributed by atoms with Crippen molar-refractivity contribution in [2.45, 2.75) is 0 Å². The number of halogens is 2. The number of rotatable bonds is 4. The Morgan fingerprint density at radius 3 is 2.85 bits per heavy atom. The Labute approximate surface area is 171 Å². The van der Waals surface area contributed by atoms with Gasteiger partial charge in [-0.3, -0.25) is 15.1 Å². The van der Waals surface area contributed by atoms with Crippen molar-refractivity contribution in [3.05, 3.63) is 57.9 Å². The molecule has 3 aromatic rings. The summed E-state index contributed by atoms with van der Waals surface area (Å²) in [4.78, 5) is 20.4. The molecule has 2 aromatic heterocycles. The molecule has 0 atom stereocenters. The molecule has 0 aliphatic heterocycles. The number of carbonyl (C=O) groups is 1. The number of aromatic nitrogens is 2. The van der Waals surface area contributed by atoms with E-state index < -0.39 is 11.7 Å². The number of carbonyl (C=O) groups excluding carboxylic acids is 1. The molecule has 0 spiro atoms. The van der Waals surface area contributed by atoms with E-state index >= 15 is 0 Å². The molecule has 1 amide bonds. The first-order valence-corrected chi connectivity index (χ1v) is 9.56. The SMILES string of the molecule is COc1ccc(-c2csc(NC(=S)NC(=O)c3cncc(Br)c3)n2)cc1F. The summed E-state index contributed by atoms with van der Waals surface area (Å²) in [5.74, 6) is -0.698. The molecule has 10 heteroatoms. The largest absolute Gasteiger partial charge is 0.494 e. The highest BCUT2D eigenvalue weighted by Crippen LogP contribution is 2.28. The van der Waals surface area contributed by atoms with Crippen LogP contribution in [0.15, 0.2) is 46.5 Å². The minimum absolute atomic E-state index is 0.0989. The first-order valence-electron chi connectivity index (χ1n) is 7.48. The van der Waals surface area contributed by atoms with Gasteiger partial charge in [0, 0.05) is 27.8 Å². The Bertz CT molecular complexity index is 1010. The van der Waals surface area contributed by atoms with Crippen molar-refractivity contribution in [2.24, 2.45) is 0 Å². The van der Waals surface area contributed by atoms with E-state index in [4.69, 9.17) is 17.0 Å². The average molecular weight is 467 g/mol. The van der Waals surface area contributed by atoms with Gasteiger partial charge < -0.3 is 10.1 Å². The fourth-order valence-electron chi connectivity index (χ4n) is 2.13. The molecule has 0 saturated heterocycles. The van der Waals surface area contributed by atoms with Gasteiger partial charge in [-0.05, 0) is 52.4 Å². The number of amides is 1. The lowest BCUT2D eigenvalue weighted by Crippen LogP contribution is -2.34. The smallest absolute Gasteiger partial charge is 0.259 e. The van der Waals surface area contributed by atoms with Crippen LogP contribution in [0, 0.1) is 5.82 Å². The van der Waals surface area contributed by atoms with Crippen molar-refractivity contribution < 1.29 is 13.9 Å². The zero-order valence-corrected chi connectivity index (χ0v) is 17.0. The zero-order valence-electron chi connectivity index (χ0n) is 13.8. The number of anilines is 1. The van der Waals surface area contributed by atoms with Gasteiger partial charge in [-0.2, -0.15) is 0 Å². The van der Waals surface area contributed by atoms with E-state index in [1.54, 1.807) is 23.7 Å². The molecular weight excluding hydrogens is 455 g/mol. The number of thiazole rings is 1. The van der Waals surface area contributed by atoms with Gasteiger partial charge in [-0.1, -0.05) is 0 Å². The van der Waals surface area contributed by atoms with Crippen LogP contribution in [0.4, 0.5) is 9.52 Å². The van der Waals surface area contributed by atoms with Crippen molar-refractivity contribution in [3.8, 4) is 17.0 Å². The van der Waals surface area contributed by atoms with E-state index in [-0.39, 0.29) is 10.9 Å². The highest BCUT2D eigenvalue weighted by molar-refractivity contribution is 9.10. The highest BCUT2D eigenvalue weighted by Gasteiger charge is 2.12. The van der Waals surface area contributed by atoms with Crippen molar-refractivity contribution in [2.75, 3.05) is 12.4 Å². The summed E-state index contributed by atoms with van der Waals surface area (Å²) in [5, 5.41) is 7.72. The van der Waals surface area contributed by atoms with Crippen molar-refractivity contribution in [3.63, 3.8) is 0 Å². The number of benzene rings is 1. The fraction of sp³-hybridized carbons (Fsp3) is 0.0588. The number of nitrogens with zero attached hydrogens (tertiary/aromatic N) is 2. The number of nitrogens with one attached hydrogen (secondary N) is 2. The van der Waals surface area contributed by atoms with Gasteiger partial charge in [-0.15, -0.1) is 11.3 Å². The summed E-state index contributed by atoms with van der Waals surface area (Å²) in [7, 11) is 1.41. The molecule has 3 rings (SSSR count). The number of methoxy groups -OCH3 is 1. The summed E-state index contributed by atoms with van der Waals surface area (Å²) >= 11 is 9.67. The summed E-state index contributed by atoms with van der Waals surface area (Å²) in [6.45, 7) is 0. The molecule has 0 aliphatic carbocycles. The third-order valence-corrected chi connectivity index (χ3v) is 4.76. The van der Waals surface area contributed by atoms with Crippen molar-refractivity contribution in [1.29, 1.82) is 0 Å². The van der Waals surface area contributed by atoms with Crippen LogP contribution < -0.4 is 15.4 Å². The van der Waals surface area contributed by atoms with Crippen LogP contribution >= 0.6 is 39.5 Å². The molecule has 27 heavy (non-hydrogen) atoms. The number of hydrogen-bond donors (Lipinski definition) is 2. The van der Waals surface area contributed by atoms with Crippen molar-refractivity contribution in [1.82, 2.24) is 15.3 Å². The standard InChI is InChI=1S/C17H12BrFN4O2S2/c1-25-14-3-2-9(5-12(14)19)13-8-27-17(21-13)23-16(26)22-15(24)10-4-11(18)7-20-6-10/h2-8H,1H3,(H2,21,22,23,24,26). The molecule has 0 aliphatic rings. The Hall–Kier alpha value is -2.43. The number of thiocarbonyl (C=S) groups is 1. The molecule has 0 bridgehead atoms. The molecule has 138 valence electrons. The van der Waals surface area contributed by atoms with E-state index in [1.807, 2.05) is 0 Å². The Morgan fingerprint density at radius 1 is 1.33 bits per heavy atom. The average Bonchev–Trinajstić information content (AvgIpc) is 3.09. The molecule has 0 radical (unpaired) electrons. The zero-order chi connectivity index (χ0) is 19.4. The number of hydrogen-bond acceptors (Lipinski definition) is 6. The Morgan fingerprint density at radius 2 is 2.15 bits per heavy atom. The first kappa shape index (κ1) is 19.3. The van der Waals surface area contributed by atoms with Gasteiger partial charge in [0.25, 0.3) is 5.91 Å². The van der Waals surface area contributed by atoms with E-state index in [0.717, 1.165) is 0 Å². The normalized spacial score (nSPS) is 10.3. The third kappa shape index (κ3) is 4.85. The minimum Gasteiger partial charge on any atom is -0.494 e. The van der Waals surface area contributed by atoms with Crippen LogP contribution in [0.3, 0.4) is 0 Å². The lowest BCUT2D eigenvalue weighted by atomic mass is 10.1. The molecule has 6 nitrogen and oxygen atoms in total. The van der Waals surface area contributed by atoms with Gasteiger partial charge in [-0.25, -0.2) is 9.37 Å². The van der Waals surface area contributed by atoms with Gasteiger partial charge in [0.1, 0.15) is 0 Å². The van der Waals surface area contributed by atoms with Crippen LogP contribution in [-0.2, 0) is 0 Å². The second-order valence-electron chi connectivity index (χ2n) is 5.19. The van der Waals surface area contributed by atoms with E-state index in [2.05, 4.69) is 36.5 Å². The van der Waals surface area contributed by atoms with E-state index in [1.165, 1.54) is 36.8 Å². The summed E-state index contributed by atoms with van der Waals surface area (Å²) < 4.78 is 19.4. The van der Waals surface area contributed by atoms with Crippen LogP contribution in [-0.4, -0.2) is 28.1 Å². The number of pyridine rings is 1. The summed E-state index contributed by atoms with van der Waals surface area (Å²) in [6.07, 6.45) is 3.01. The quantitative estimate of drug-likeness (QED) is 0.559. The van der Waals surface area contributed by atoms with E-state index in [9.17, 15) is 9.18 Å². The van der Waals surface area contributed by atoms with Gasteiger partial charge in [0.15, 0.2) is 21.8 Å². The van der Waals surface area contributed by atoms with Crippen LogP contribution in [0.1, 0.15) is 10.4 Å². The van der Waals surface area contributed by atoms with E-state index in [0.29, 0.717) is 26.4 Å². The molecule has 0 fully saturated rings. The minimum atomic E-state index is -0.470. The lowest BCUT2D eigenvalue weighted by Gasteiger charge is -2.07. The maximum atomic E-state index is 13.8. The monoisotopic (exact) mass is 466 g/mol.